The van der Waals surface area contributed by atoms with Gasteiger partial charge in [-0.05, 0) is 48.0 Å². The smallest absolute Gasteiger partial charge is 0.229 e. The van der Waals surface area contributed by atoms with Crippen LogP contribution in [0.25, 0.3) is 22.2 Å². The van der Waals surface area contributed by atoms with Gasteiger partial charge in [-0.1, -0.05) is 0 Å². The van der Waals surface area contributed by atoms with Crippen LogP contribution in [-0.4, -0.2) is 64.1 Å². The Bertz CT molecular complexity index is 2000. The number of nitrogens with zero attached hydrogens (tertiary/aromatic N) is 7. The van der Waals surface area contributed by atoms with Gasteiger partial charge in [-0.2, -0.15) is 10.1 Å². The second-order valence-corrected chi connectivity index (χ2v) is 13.3. The Kier molecular flexibility index (Phi) is 7.75. The first-order valence-corrected chi connectivity index (χ1v) is 16.5. The van der Waals surface area contributed by atoms with Gasteiger partial charge in [-0.15, -0.1) is 0 Å². The third-order valence-corrected chi connectivity index (χ3v) is 8.36. The van der Waals surface area contributed by atoms with Crippen molar-refractivity contribution in [2.45, 2.75) is 26.3 Å². The number of aromatic nitrogens is 6. The second-order valence-electron chi connectivity index (χ2n) is 10.7. The monoisotopic (exact) mass is 678 g/mol. The molecule has 1 aliphatic heterocycles. The predicted octanol–water partition coefficient (Wildman–Crippen LogP) is 5.22. The zero-order valence-electron chi connectivity index (χ0n) is 24.8. The normalized spacial score (nSPS) is 12.9. The fourth-order valence-corrected chi connectivity index (χ4v) is 6.18. The molecule has 0 saturated heterocycles. The van der Waals surface area contributed by atoms with E-state index >= 15 is 0 Å². The molecular weight excluding hydrogens is 648 g/mol. The van der Waals surface area contributed by atoms with Gasteiger partial charge in [0.2, 0.25) is 16.0 Å². The molecule has 15 heteroatoms. The van der Waals surface area contributed by atoms with Crippen molar-refractivity contribution in [1.29, 1.82) is 0 Å². The average molecular weight is 680 g/mol. The Hall–Kier alpha value is -4.50. The van der Waals surface area contributed by atoms with E-state index in [1.807, 2.05) is 30.1 Å². The van der Waals surface area contributed by atoms with Crippen LogP contribution in [0.3, 0.4) is 0 Å². The minimum atomic E-state index is -3.63. The minimum absolute atomic E-state index is 0.257. The summed E-state index contributed by atoms with van der Waals surface area (Å²) in [5.41, 5.74) is 6.52. The Morgan fingerprint density at radius 1 is 1.05 bits per heavy atom. The Balaban J connectivity index is 1.39. The molecule has 3 aromatic heterocycles. The fraction of sp³-hybridized carbons (Fsp3) is 0.276. The van der Waals surface area contributed by atoms with Crippen molar-refractivity contribution in [1.82, 2.24) is 29.7 Å². The van der Waals surface area contributed by atoms with Crippen molar-refractivity contribution in [2.75, 3.05) is 40.2 Å². The van der Waals surface area contributed by atoms with Gasteiger partial charge < -0.3 is 20.3 Å². The number of aryl methyl sites for hydroxylation is 1. The van der Waals surface area contributed by atoms with Crippen molar-refractivity contribution < 1.29 is 13.2 Å². The summed E-state index contributed by atoms with van der Waals surface area (Å²) in [6.07, 6.45) is 8.61. The maximum atomic E-state index is 12.2. The summed E-state index contributed by atoms with van der Waals surface area (Å²) in [6.45, 7) is 5.19. The van der Waals surface area contributed by atoms with Crippen molar-refractivity contribution in [3.63, 3.8) is 0 Å². The summed E-state index contributed by atoms with van der Waals surface area (Å²) < 4.78 is 35.3. The van der Waals surface area contributed by atoms with Gasteiger partial charge in [0.1, 0.15) is 17.1 Å². The molecule has 0 fully saturated rings. The maximum Gasteiger partial charge on any atom is 0.229 e. The summed E-state index contributed by atoms with van der Waals surface area (Å²) in [7, 11) is -0.0644. The number of methoxy groups -OCH3 is 1. The maximum absolute atomic E-state index is 12.2. The Labute approximate surface area is 263 Å². The highest BCUT2D eigenvalue weighted by molar-refractivity contribution is 9.10. The van der Waals surface area contributed by atoms with E-state index in [-0.39, 0.29) is 11.7 Å². The quantitative estimate of drug-likeness (QED) is 0.198. The van der Waals surface area contributed by atoms with Gasteiger partial charge in [0.05, 0.1) is 46.1 Å². The summed E-state index contributed by atoms with van der Waals surface area (Å²) in [4.78, 5) is 20.2. The van der Waals surface area contributed by atoms with E-state index in [0.717, 1.165) is 41.7 Å². The molecular formula is C29H31BrN10O3S. The van der Waals surface area contributed by atoms with Gasteiger partial charge in [-0.3, -0.25) is 19.4 Å². The Morgan fingerprint density at radius 2 is 1.84 bits per heavy atom. The molecule has 0 aliphatic carbocycles. The molecule has 5 aromatic rings. The van der Waals surface area contributed by atoms with E-state index in [9.17, 15) is 8.42 Å². The number of hydrogen-bond donors (Lipinski definition) is 3. The molecule has 0 spiro atoms. The number of fused-ring (bicyclic) bond motifs is 4. The van der Waals surface area contributed by atoms with Gasteiger partial charge >= 0.3 is 0 Å². The van der Waals surface area contributed by atoms with Crippen LogP contribution < -0.4 is 25.0 Å². The lowest BCUT2D eigenvalue weighted by Gasteiger charge is -2.30. The van der Waals surface area contributed by atoms with Crippen molar-refractivity contribution >= 4 is 71.5 Å². The molecule has 0 unspecified atom stereocenters. The van der Waals surface area contributed by atoms with Crippen LogP contribution in [0.1, 0.15) is 19.5 Å². The number of anilines is 6. The molecule has 0 atom stereocenters. The molecule has 0 bridgehead atoms. The van der Waals surface area contributed by atoms with Gasteiger partial charge in [-0.25, -0.2) is 13.4 Å². The molecule has 0 amide bonds. The number of ether oxygens (including phenoxy) is 1. The molecule has 0 saturated carbocycles. The molecule has 3 N–H and O–H groups in total. The molecule has 2 aromatic carbocycles. The van der Waals surface area contributed by atoms with Gasteiger partial charge in [0.15, 0.2) is 0 Å². The van der Waals surface area contributed by atoms with Crippen molar-refractivity contribution in [3.8, 4) is 16.9 Å². The first-order valence-electron chi connectivity index (χ1n) is 13.8. The van der Waals surface area contributed by atoms with E-state index in [0.29, 0.717) is 44.4 Å². The highest BCUT2D eigenvalue weighted by Crippen LogP contribution is 2.44. The van der Waals surface area contributed by atoms with Crippen LogP contribution >= 0.6 is 15.9 Å². The van der Waals surface area contributed by atoms with E-state index in [1.54, 1.807) is 31.6 Å². The number of nitrogens with one attached hydrogen (secondary N) is 3. The van der Waals surface area contributed by atoms with Crippen LogP contribution in [0.2, 0.25) is 0 Å². The Morgan fingerprint density at radius 3 is 2.59 bits per heavy atom. The molecule has 13 nitrogen and oxygen atoms in total. The third-order valence-electron chi connectivity index (χ3n) is 7.21. The molecule has 228 valence electrons. The van der Waals surface area contributed by atoms with Crippen LogP contribution in [0, 0.1) is 0 Å². The molecule has 1 aliphatic rings. The lowest BCUT2D eigenvalue weighted by Crippen LogP contribution is -2.32. The van der Waals surface area contributed by atoms with E-state index in [1.165, 1.54) is 6.20 Å². The SMILES string of the molecule is COc1cc2c(cc1Nc1ncc(Br)c(Nc3ccc4nccnc4c3NS(C)(=O)=O)n1)-c1cn(C)nc1CCN2C(C)C. The van der Waals surface area contributed by atoms with E-state index in [2.05, 4.69) is 65.0 Å². The minimum Gasteiger partial charge on any atom is -0.494 e. The highest BCUT2D eigenvalue weighted by Gasteiger charge is 2.26. The summed E-state index contributed by atoms with van der Waals surface area (Å²) in [5, 5.41) is 11.3. The van der Waals surface area contributed by atoms with Crippen LogP contribution in [-0.2, 0) is 23.5 Å². The summed E-state index contributed by atoms with van der Waals surface area (Å²) >= 11 is 3.51. The molecule has 4 heterocycles. The number of benzene rings is 2. The standard InChI is InChI=1S/C29H31BrN10O3S/c1-16(2)40-11-8-20-18(15-39(3)37-20)17-12-23(25(43-4)13-24(17)40)35-29-33-14-19(30)28(36-29)34-22-7-6-21-26(32-10-9-31-21)27(22)38-44(5,41)42/h6-7,9-10,12-16,38H,8,11H2,1-5H3,(H2,33,34,35,36). The zero-order chi connectivity index (χ0) is 31.2. The number of rotatable bonds is 8. The third kappa shape index (κ3) is 5.84. The van der Waals surface area contributed by atoms with Crippen LogP contribution in [0.5, 0.6) is 5.75 Å². The van der Waals surface area contributed by atoms with E-state index in [4.69, 9.17) is 14.8 Å². The van der Waals surface area contributed by atoms with Crippen LogP contribution in [0.4, 0.5) is 34.5 Å². The number of hydrogen-bond acceptors (Lipinski definition) is 11. The summed E-state index contributed by atoms with van der Waals surface area (Å²) in [6, 6.07) is 7.83. The average Bonchev–Trinajstić information content (AvgIpc) is 3.28. The largest absolute Gasteiger partial charge is 0.494 e. The van der Waals surface area contributed by atoms with Gasteiger partial charge in [0.25, 0.3) is 0 Å². The second kappa shape index (κ2) is 11.5. The van der Waals surface area contributed by atoms with E-state index < -0.39 is 10.0 Å². The highest BCUT2D eigenvalue weighted by atomic mass is 79.9. The summed E-state index contributed by atoms with van der Waals surface area (Å²) in [5.74, 6) is 1.33. The van der Waals surface area contributed by atoms with Crippen LogP contribution in [0.15, 0.2) is 53.5 Å². The van der Waals surface area contributed by atoms with Crippen molar-refractivity contribution in [2.24, 2.45) is 7.05 Å². The number of halogens is 1. The predicted molar refractivity (Wildman–Crippen MR) is 176 cm³/mol. The number of sulfonamides is 1. The topological polar surface area (TPSA) is 152 Å². The fourth-order valence-electron chi connectivity index (χ4n) is 5.31. The lowest BCUT2D eigenvalue weighted by atomic mass is 10.0. The lowest BCUT2D eigenvalue weighted by molar-refractivity contribution is 0.416. The first-order chi connectivity index (χ1) is 21.0. The first kappa shape index (κ1) is 29.6. The van der Waals surface area contributed by atoms with Crippen molar-refractivity contribution in [3.05, 3.63) is 59.2 Å². The van der Waals surface area contributed by atoms with Gasteiger partial charge in [0, 0.05) is 73.7 Å². The molecule has 44 heavy (non-hydrogen) atoms. The molecule has 6 rings (SSSR count). The zero-order valence-corrected chi connectivity index (χ0v) is 27.2. The molecule has 0 radical (unpaired) electrons.